The first-order valence-corrected chi connectivity index (χ1v) is 6.52. The Morgan fingerprint density at radius 1 is 1.31 bits per heavy atom. The van der Waals surface area contributed by atoms with Crippen molar-refractivity contribution in [3.8, 4) is 0 Å². The first-order valence-electron chi connectivity index (χ1n) is 5.15. The summed E-state index contributed by atoms with van der Waals surface area (Å²) in [6.45, 7) is 2.29. The minimum Gasteiger partial charge on any atom is -0.317 e. The zero-order valence-corrected chi connectivity index (χ0v) is 11.2. The Bertz CT molecular complexity index is 301. The first kappa shape index (κ1) is 14.0. The van der Waals surface area contributed by atoms with Crippen molar-refractivity contribution in [2.45, 2.75) is 18.0 Å². The van der Waals surface area contributed by atoms with E-state index in [0.29, 0.717) is 5.02 Å². The standard InChI is InChI=1S/C10H14ClN3S.ClH/c11-9-5-13-10(14-6-9)15-7-8-1-3-12-4-2-8;/h5-6,8,12H,1-4,7H2;1H. The second kappa shape index (κ2) is 7.33. The average molecular weight is 280 g/mol. The summed E-state index contributed by atoms with van der Waals surface area (Å²) in [5, 5.41) is 4.79. The van der Waals surface area contributed by atoms with Crippen molar-refractivity contribution < 1.29 is 0 Å². The number of rotatable bonds is 3. The summed E-state index contributed by atoms with van der Waals surface area (Å²) < 4.78 is 0. The highest BCUT2D eigenvalue weighted by atomic mass is 35.5. The van der Waals surface area contributed by atoms with Crippen molar-refractivity contribution in [3.63, 3.8) is 0 Å². The molecule has 0 atom stereocenters. The van der Waals surface area contributed by atoms with E-state index in [2.05, 4.69) is 15.3 Å². The predicted molar refractivity (Wildman–Crippen MR) is 70.6 cm³/mol. The molecule has 90 valence electrons. The summed E-state index contributed by atoms with van der Waals surface area (Å²) in [6.07, 6.45) is 5.83. The van der Waals surface area contributed by atoms with Crippen molar-refractivity contribution in [3.05, 3.63) is 17.4 Å². The summed E-state index contributed by atoms with van der Waals surface area (Å²) in [4.78, 5) is 8.33. The molecule has 1 aromatic rings. The fraction of sp³-hybridized carbons (Fsp3) is 0.600. The molecule has 0 aromatic carbocycles. The lowest BCUT2D eigenvalue weighted by molar-refractivity contribution is 0.407. The van der Waals surface area contributed by atoms with E-state index >= 15 is 0 Å². The maximum absolute atomic E-state index is 5.72. The molecule has 0 unspecified atom stereocenters. The normalized spacial score (nSPS) is 16.8. The molecule has 0 radical (unpaired) electrons. The van der Waals surface area contributed by atoms with Gasteiger partial charge in [0.05, 0.1) is 17.4 Å². The largest absolute Gasteiger partial charge is 0.317 e. The van der Waals surface area contributed by atoms with Crippen LogP contribution in [0.1, 0.15) is 12.8 Å². The minimum absolute atomic E-state index is 0. The molecular weight excluding hydrogens is 265 g/mol. The van der Waals surface area contributed by atoms with Gasteiger partial charge in [-0.2, -0.15) is 0 Å². The van der Waals surface area contributed by atoms with Gasteiger partial charge in [-0.05, 0) is 31.8 Å². The van der Waals surface area contributed by atoms with Gasteiger partial charge in [0.15, 0.2) is 5.16 Å². The molecule has 0 bridgehead atoms. The van der Waals surface area contributed by atoms with Gasteiger partial charge in [0.1, 0.15) is 0 Å². The van der Waals surface area contributed by atoms with Gasteiger partial charge in [0, 0.05) is 5.75 Å². The van der Waals surface area contributed by atoms with Gasteiger partial charge in [-0.3, -0.25) is 0 Å². The zero-order valence-electron chi connectivity index (χ0n) is 8.86. The number of piperidine rings is 1. The van der Waals surface area contributed by atoms with E-state index in [4.69, 9.17) is 11.6 Å². The van der Waals surface area contributed by atoms with Crippen LogP contribution in [-0.2, 0) is 0 Å². The highest BCUT2D eigenvalue weighted by Crippen LogP contribution is 2.22. The van der Waals surface area contributed by atoms with Gasteiger partial charge in [0.2, 0.25) is 0 Å². The van der Waals surface area contributed by atoms with E-state index in [-0.39, 0.29) is 12.4 Å². The van der Waals surface area contributed by atoms with E-state index in [0.717, 1.165) is 29.9 Å². The molecule has 1 aliphatic rings. The number of aromatic nitrogens is 2. The lowest BCUT2D eigenvalue weighted by Gasteiger charge is -2.21. The molecular formula is C10H15Cl2N3S. The molecule has 0 aliphatic carbocycles. The maximum atomic E-state index is 5.72. The van der Waals surface area contributed by atoms with E-state index < -0.39 is 0 Å². The molecule has 3 nitrogen and oxygen atoms in total. The second-order valence-corrected chi connectivity index (χ2v) is 5.11. The van der Waals surface area contributed by atoms with Gasteiger partial charge in [-0.25, -0.2) is 9.97 Å². The molecule has 1 aliphatic heterocycles. The molecule has 2 rings (SSSR count). The Balaban J connectivity index is 0.00000128. The van der Waals surface area contributed by atoms with Crippen molar-refractivity contribution in [2.24, 2.45) is 5.92 Å². The Hall–Kier alpha value is -0.0300. The van der Waals surface area contributed by atoms with Gasteiger partial charge < -0.3 is 5.32 Å². The monoisotopic (exact) mass is 279 g/mol. The van der Waals surface area contributed by atoms with Crippen molar-refractivity contribution >= 4 is 35.8 Å². The molecule has 2 heterocycles. The third-order valence-corrected chi connectivity index (χ3v) is 3.81. The molecule has 0 saturated carbocycles. The summed E-state index contributed by atoms with van der Waals surface area (Å²) in [6, 6.07) is 0. The van der Waals surface area contributed by atoms with E-state index in [9.17, 15) is 0 Å². The highest BCUT2D eigenvalue weighted by Gasteiger charge is 2.13. The van der Waals surface area contributed by atoms with Gasteiger partial charge in [0.25, 0.3) is 0 Å². The van der Waals surface area contributed by atoms with Crippen LogP contribution in [0, 0.1) is 5.92 Å². The number of nitrogens with zero attached hydrogens (tertiary/aromatic N) is 2. The fourth-order valence-corrected chi connectivity index (χ4v) is 2.69. The van der Waals surface area contributed by atoms with Crippen molar-refractivity contribution in [1.82, 2.24) is 15.3 Å². The van der Waals surface area contributed by atoms with E-state index in [1.54, 1.807) is 24.2 Å². The topological polar surface area (TPSA) is 37.8 Å². The first-order chi connectivity index (χ1) is 7.34. The predicted octanol–water partition coefficient (Wildman–Crippen LogP) is 2.64. The van der Waals surface area contributed by atoms with Crippen LogP contribution >= 0.6 is 35.8 Å². The maximum Gasteiger partial charge on any atom is 0.187 e. The second-order valence-electron chi connectivity index (χ2n) is 3.69. The number of hydrogen-bond acceptors (Lipinski definition) is 4. The van der Waals surface area contributed by atoms with Crippen LogP contribution in [0.15, 0.2) is 17.6 Å². The SMILES string of the molecule is Cl.Clc1cnc(SCC2CCNCC2)nc1. The van der Waals surface area contributed by atoms with Crippen LogP contribution in [-0.4, -0.2) is 28.8 Å². The minimum atomic E-state index is 0. The third-order valence-electron chi connectivity index (χ3n) is 2.50. The smallest absolute Gasteiger partial charge is 0.187 e. The summed E-state index contributed by atoms with van der Waals surface area (Å²) in [5.74, 6) is 1.92. The molecule has 6 heteroatoms. The quantitative estimate of drug-likeness (QED) is 0.682. The molecule has 1 N–H and O–H groups in total. The summed E-state index contributed by atoms with van der Waals surface area (Å²) in [5.41, 5.74) is 0. The van der Waals surface area contributed by atoms with Crippen LogP contribution in [0.3, 0.4) is 0 Å². The average Bonchev–Trinajstić information content (AvgIpc) is 2.30. The van der Waals surface area contributed by atoms with Crippen molar-refractivity contribution in [2.75, 3.05) is 18.8 Å². The summed E-state index contributed by atoms with van der Waals surface area (Å²) >= 11 is 7.45. The number of nitrogens with one attached hydrogen (secondary N) is 1. The van der Waals surface area contributed by atoms with Gasteiger partial charge in [-0.15, -0.1) is 12.4 Å². The lowest BCUT2D eigenvalue weighted by Crippen LogP contribution is -2.28. The molecule has 0 amide bonds. The highest BCUT2D eigenvalue weighted by molar-refractivity contribution is 7.99. The Morgan fingerprint density at radius 2 is 1.94 bits per heavy atom. The molecule has 1 aromatic heterocycles. The molecule has 1 saturated heterocycles. The Kier molecular flexibility index (Phi) is 6.43. The van der Waals surface area contributed by atoms with Crippen LogP contribution in [0.25, 0.3) is 0 Å². The van der Waals surface area contributed by atoms with Gasteiger partial charge >= 0.3 is 0 Å². The number of halogens is 2. The number of thioether (sulfide) groups is 1. The fourth-order valence-electron chi connectivity index (χ4n) is 1.62. The van der Waals surface area contributed by atoms with Crippen molar-refractivity contribution in [1.29, 1.82) is 0 Å². The summed E-state index contributed by atoms with van der Waals surface area (Å²) in [7, 11) is 0. The Morgan fingerprint density at radius 3 is 2.56 bits per heavy atom. The van der Waals surface area contributed by atoms with E-state index in [1.165, 1.54) is 12.8 Å². The molecule has 1 fully saturated rings. The van der Waals surface area contributed by atoms with Gasteiger partial charge in [-0.1, -0.05) is 23.4 Å². The van der Waals surface area contributed by atoms with Crippen LogP contribution < -0.4 is 5.32 Å². The third kappa shape index (κ3) is 4.45. The van der Waals surface area contributed by atoms with Crippen LogP contribution in [0.5, 0.6) is 0 Å². The molecule has 0 spiro atoms. The van der Waals surface area contributed by atoms with Crippen LogP contribution in [0.4, 0.5) is 0 Å². The van der Waals surface area contributed by atoms with Crippen LogP contribution in [0.2, 0.25) is 5.02 Å². The Labute approximate surface area is 111 Å². The number of hydrogen-bond donors (Lipinski definition) is 1. The molecule has 16 heavy (non-hydrogen) atoms. The zero-order chi connectivity index (χ0) is 10.5. The van der Waals surface area contributed by atoms with E-state index in [1.807, 2.05) is 0 Å². The lowest BCUT2D eigenvalue weighted by atomic mass is 10.0.